The fourth-order valence-corrected chi connectivity index (χ4v) is 4.92. The summed E-state index contributed by atoms with van der Waals surface area (Å²) in [5.41, 5.74) is 1.38. The van der Waals surface area contributed by atoms with Gasteiger partial charge in [0.1, 0.15) is 12.6 Å². The molecule has 2 rings (SSSR count). The Morgan fingerprint density at radius 1 is 1.09 bits per heavy atom. The van der Waals surface area contributed by atoms with E-state index in [1.54, 1.807) is 50.2 Å². The van der Waals surface area contributed by atoms with Crippen LogP contribution in [0, 0.1) is 6.92 Å². The lowest BCUT2D eigenvalue weighted by Crippen LogP contribution is -2.51. The van der Waals surface area contributed by atoms with Crippen LogP contribution in [0.3, 0.4) is 0 Å². The lowest BCUT2D eigenvalue weighted by Gasteiger charge is -2.33. The van der Waals surface area contributed by atoms with Gasteiger partial charge in [-0.25, -0.2) is 8.42 Å². The lowest BCUT2D eigenvalue weighted by molar-refractivity contribution is -0.140. The van der Waals surface area contributed by atoms with E-state index in [1.807, 2.05) is 0 Å². The zero-order chi connectivity index (χ0) is 24.9. The third-order valence-corrected chi connectivity index (χ3v) is 7.30. The van der Waals surface area contributed by atoms with Gasteiger partial charge in [0.15, 0.2) is 0 Å². The van der Waals surface area contributed by atoms with Gasteiger partial charge in [-0.15, -0.1) is 0 Å². The first-order chi connectivity index (χ1) is 15.4. The van der Waals surface area contributed by atoms with Gasteiger partial charge < -0.3 is 10.2 Å². The summed E-state index contributed by atoms with van der Waals surface area (Å²) < 4.78 is 26.2. The van der Waals surface area contributed by atoms with Crippen LogP contribution in [0.4, 0.5) is 5.69 Å². The molecule has 0 aliphatic rings. The molecular weight excluding hydrogens is 509 g/mol. The van der Waals surface area contributed by atoms with Gasteiger partial charge in [-0.2, -0.15) is 0 Å². The van der Waals surface area contributed by atoms with Crippen LogP contribution < -0.4 is 9.62 Å². The van der Waals surface area contributed by atoms with E-state index in [1.165, 1.54) is 11.9 Å². The summed E-state index contributed by atoms with van der Waals surface area (Å²) in [6.07, 6.45) is 1.32. The van der Waals surface area contributed by atoms with Gasteiger partial charge in [0.05, 0.1) is 11.9 Å². The zero-order valence-electron chi connectivity index (χ0n) is 18.7. The number of nitrogens with zero attached hydrogens (tertiary/aromatic N) is 2. The molecule has 2 amide bonds. The van der Waals surface area contributed by atoms with Gasteiger partial charge in [-0.05, 0) is 48.7 Å². The minimum Gasteiger partial charge on any atom is -0.357 e. The molecule has 0 aromatic heterocycles. The first-order valence-electron chi connectivity index (χ1n) is 10.1. The molecule has 7 nitrogen and oxygen atoms in total. The number of halogens is 3. The van der Waals surface area contributed by atoms with Crippen molar-refractivity contribution in [3.05, 3.63) is 62.6 Å². The molecule has 0 saturated heterocycles. The van der Waals surface area contributed by atoms with Gasteiger partial charge in [-0.3, -0.25) is 13.9 Å². The highest BCUT2D eigenvalue weighted by atomic mass is 35.5. The Hall–Kier alpha value is -2.00. The number of carbonyl (C=O) groups is 2. The van der Waals surface area contributed by atoms with Gasteiger partial charge >= 0.3 is 0 Å². The van der Waals surface area contributed by atoms with E-state index < -0.39 is 28.5 Å². The van der Waals surface area contributed by atoms with E-state index in [2.05, 4.69) is 5.32 Å². The van der Waals surface area contributed by atoms with Crippen molar-refractivity contribution in [1.82, 2.24) is 10.2 Å². The number of amides is 2. The number of hydrogen-bond acceptors (Lipinski definition) is 4. The molecule has 33 heavy (non-hydrogen) atoms. The Kier molecular flexibility index (Phi) is 9.43. The highest BCUT2D eigenvalue weighted by molar-refractivity contribution is 7.92. The Labute approximate surface area is 209 Å². The molecule has 0 fully saturated rings. The Bertz CT molecular complexity index is 1140. The summed E-state index contributed by atoms with van der Waals surface area (Å²) in [4.78, 5) is 27.4. The maximum absolute atomic E-state index is 13.5. The van der Waals surface area contributed by atoms with E-state index in [4.69, 9.17) is 34.8 Å². The maximum atomic E-state index is 13.5. The lowest BCUT2D eigenvalue weighted by atomic mass is 10.1. The van der Waals surface area contributed by atoms with Crippen LogP contribution in [0.15, 0.2) is 36.4 Å². The maximum Gasteiger partial charge on any atom is 0.244 e. The number of likely N-dealkylation sites (N-methyl/N-ethyl adjacent to an activating group) is 1. The van der Waals surface area contributed by atoms with Crippen LogP contribution in [0.1, 0.15) is 24.5 Å². The highest BCUT2D eigenvalue weighted by Gasteiger charge is 2.32. The molecule has 0 bridgehead atoms. The molecule has 0 spiro atoms. The smallest absolute Gasteiger partial charge is 0.244 e. The quantitative estimate of drug-likeness (QED) is 0.520. The second-order valence-corrected chi connectivity index (χ2v) is 10.6. The number of nitrogens with one attached hydrogen (secondary N) is 1. The van der Waals surface area contributed by atoms with Crippen LogP contribution >= 0.6 is 34.8 Å². The highest BCUT2D eigenvalue weighted by Crippen LogP contribution is 2.29. The summed E-state index contributed by atoms with van der Waals surface area (Å²) in [7, 11) is -2.37. The van der Waals surface area contributed by atoms with E-state index in [-0.39, 0.29) is 18.1 Å². The molecule has 180 valence electrons. The number of rotatable bonds is 9. The minimum atomic E-state index is -3.85. The van der Waals surface area contributed by atoms with Gasteiger partial charge in [0.25, 0.3) is 0 Å². The average Bonchev–Trinajstić information content (AvgIpc) is 2.74. The second kappa shape index (κ2) is 11.4. The predicted octanol–water partition coefficient (Wildman–Crippen LogP) is 4.27. The molecule has 2 aromatic rings. The fourth-order valence-electron chi connectivity index (χ4n) is 3.38. The summed E-state index contributed by atoms with van der Waals surface area (Å²) in [6, 6.07) is 8.82. The Morgan fingerprint density at radius 3 is 2.30 bits per heavy atom. The van der Waals surface area contributed by atoms with Crippen molar-refractivity contribution in [2.75, 3.05) is 24.2 Å². The SMILES string of the molecule is CC[C@H](C(=O)NC)N(Cc1ccc(Cl)cc1Cl)C(=O)CN(c1cccc(Cl)c1C)S(C)(=O)=O. The van der Waals surface area contributed by atoms with Crippen molar-refractivity contribution < 1.29 is 18.0 Å². The van der Waals surface area contributed by atoms with Crippen molar-refractivity contribution >= 4 is 62.3 Å². The summed E-state index contributed by atoms with van der Waals surface area (Å²) >= 11 is 18.5. The molecule has 0 unspecified atom stereocenters. The van der Waals surface area contributed by atoms with Crippen LogP contribution in [0.25, 0.3) is 0 Å². The Morgan fingerprint density at radius 2 is 1.76 bits per heavy atom. The molecule has 1 atom stereocenters. The zero-order valence-corrected chi connectivity index (χ0v) is 21.8. The summed E-state index contributed by atoms with van der Waals surface area (Å²) in [5.74, 6) is -0.943. The van der Waals surface area contributed by atoms with Crippen LogP contribution in [-0.2, 0) is 26.2 Å². The predicted molar refractivity (Wildman–Crippen MR) is 134 cm³/mol. The summed E-state index contributed by atoms with van der Waals surface area (Å²) in [5, 5.41) is 3.69. The van der Waals surface area contributed by atoms with Crippen molar-refractivity contribution in [3.63, 3.8) is 0 Å². The van der Waals surface area contributed by atoms with E-state index in [0.29, 0.717) is 32.6 Å². The van der Waals surface area contributed by atoms with Crippen molar-refractivity contribution in [3.8, 4) is 0 Å². The molecular formula is C22H26Cl3N3O4S. The van der Waals surface area contributed by atoms with E-state index in [9.17, 15) is 18.0 Å². The van der Waals surface area contributed by atoms with Crippen molar-refractivity contribution in [2.45, 2.75) is 32.9 Å². The van der Waals surface area contributed by atoms with E-state index in [0.717, 1.165) is 10.6 Å². The minimum absolute atomic E-state index is 0.00705. The molecule has 0 aliphatic carbocycles. The third kappa shape index (κ3) is 6.76. The van der Waals surface area contributed by atoms with Gasteiger partial charge in [0, 0.05) is 28.7 Å². The Balaban J connectivity index is 2.51. The normalized spacial score (nSPS) is 12.2. The largest absolute Gasteiger partial charge is 0.357 e. The average molecular weight is 535 g/mol. The third-order valence-electron chi connectivity index (χ3n) is 5.18. The molecule has 0 radical (unpaired) electrons. The number of sulfonamides is 1. The molecule has 0 saturated carbocycles. The van der Waals surface area contributed by atoms with Gasteiger partial charge in [0.2, 0.25) is 21.8 Å². The molecule has 2 aromatic carbocycles. The molecule has 11 heteroatoms. The number of hydrogen-bond donors (Lipinski definition) is 1. The molecule has 0 heterocycles. The van der Waals surface area contributed by atoms with Crippen LogP contribution in [-0.4, -0.2) is 51.0 Å². The first-order valence-corrected chi connectivity index (χ1v) is 13.1. The standard InChI is InChI=1S/C22H26Cl3N3O4S/c1-5-19(22(30)26-3)27(12-15-9-10-16(23)11-18(15)25)21(29)13-28(33(4,31)32)20-8-6-7-17(24)14(20)2/h6-11,19H,5,12-13H2,1-4H3,(H,26,30)/t19-/m1/s1. The van der Waals surface area contributed by atoms with Crippen LogP contribution in [0.5, 0.6) is 0 Å². The molecule has 0 aliphatic heterocycles. The molecule has 1 N–H and O–H groups in total. The van der Waals surface area contributed by atoms with Crippen molar-refractivity contribution in [2.24, 2.45) is 0 Å². The fraction of sp³-hybridized carbons (Fsp3) is 0.364. The monoisotopic (exact) mass is 533 g/mol. The second-order valence-electron chi connectivity index (χ2n) is 7.45. The van der Waals surface area contributed by atoms with Crippen LogP contribution in [0.2, 0.25) is 15.1 Å². The number of carbonyl (C=O) groups excluding carboxylic acids is 2. The first kappa shape index (κ1) is 27.2. The number of anilines is 1. The summed E-state index contributed by atoms with van der Waals surface area (Å²) in [6.45, 7) is 2.91. The van der Waals surface area contributed by atoms with Gasteiger partial charge in [-0.1, -0.05) is 53.9 Å². The topological polar surface area (TPSA) is 86.8 Å². The van der Waals surface area contributed by atoms with E-state index >= 15 is 0 Å². The number of benzene rings is 2. The van der Waals surface area contributed by atoms with Crippen molar-refractivity contribution in [1.29, 1.82) is 0 Å².